The molecule has 2 aliphatic rings. The number of hydrogen-bond acceptors (Lipinski definition) is 4. The molecule has 1 aromatic heterocycles. The Morgan fingerprint density at radius 2 is 2.16 bits per heavy atom. The topological polar surface area (TPSA) is 53.4 Å². The van der Waals surface area contributed by atoms with E-state index in [1.807, 2.05) is 13.1 Å². The fourth-order valence-electron chi connectivity index (χ4n) is 3.72. The third-order valence-corrected chi connectivity index (χ3v) is 5.35. The summed E-state index contributed by atoms with van der Waals surface area (Å²) in [6.07, 6.45) is 6.92. The number of aliphatic carboxylic acids is 1. The van der Waals surface area contributed by atoms with Crippen LogP contribution in [0.1, 0.15) is 42.0 Å². The number of nitrogens with zero attached hydrogens (tertiary/aromatic N) is 2. The first-order valence-electron chi connectivity index (χ1n) is 7.00. The minimum Gasteiger partial charge on any atom is -0.481 e. The predicted molar refractivity (Wildman–Crippen MR) is 74.2 cm³/mol. The van der Waals surface area contributed by atoms with Gasteiger partial charge in [-0.05, 0) is 38.5 Å². The maximum atomic E-state index is 10.9. The number of fused-ring (bicyclic) bond motifs is 2. The zero-order chi connectivity index (χ0) is 13.4. The summed E-state index contributed by atoms with van der Waals surface area (Å²) in [5.74, 6) is -0.259. The molecule has 3 heterocycles. The molecule has 0 radical (unpaired) electrons. The van der Waals surface area contributed by atoms with Gasteiger partial charge in [0.25, 0.3) is 0 Å². The Labute approximate surface area is 117 Å². The minimum atomic E-state index is -0.643. The van der Waals surface area contributed by atoms with Crippen molar-refractivity contribution in [2.24, 2.45) is 5.92 Å². The van der Waals surface area contributed by atoms with Crippen LogP contribution in [0, 0.1) is 12.8 Å². The molecule has 0 amide bonds. The lowest BCUT2D eigenvalue weighted by Gasteiger charge is -2.38. The standard InChI is InChI=1S/C14H20N2O2S/c1-9-15-7-13(19-9)8-16-11-2-3-12(16)5-10(4-11)6-14(17)18/h7,10-12H,2-6,8H2,1H3,(H,17,18). The number of rotatable bonds is 4. The first-order valence-corrected chi connectivity index (χ1v) is 7.82. The molecule has 4 nitrogen and oxygen atoms in total. The molecule has 2 fully saturated rings. The summed E-state index contributed by atoms with van der Waals surface area (Å²) in [6, 6.07) is 1.18. The van der Waals surface area contributed by atoms with Crippen molar-refractivity contribution in [3.05, 3.63) is 16.1 Å². The van der Waals surface area contributed by atoms with Gasteiger partial charge >= 0.3 is 5.97 Å². The Kier molecular flexibility index (Phi) is 3.58. The Hall–Kier alpha value is -0.940. The van der Waals surface area contributed by atoms with E-state index in [1.165, 1.54) is 17.7 Å². The van der Waals surface area contributed by atoms with Gasteiger partial charge in [-0.15, -0.1) is 11.3 Å². The lowest BCUT2D eigenvalue weighted by atomic mass is 9.88. The van der Waals surface area contributed by atoms with Crippen molar-refractivity contribution >= 4 is 17.3 Å². The maximum absolute atomic E-state index is 10.9. The van der Waals surface area contributed by atoms with Crippen LogP contribution in [0.4, 0.5) is 0 Å². The van der Waals surface area contributed by atoms with Gasteiger partial charge in [0.15, 0.2) is 0 Å². The molecular weight excluding hydrogens is 260 g/mol. The average molecular weight is 280 g/mol. The van der Waals surface area contributed by atoms with Crippen LogP contribution in [-0.4, -0.2) is 33.0 Å². The van der Waals surface area contributed by atoms with Gasteiger partial charge in [-0.3, -0.25) is 9.69 Å². The van der Waals surface area contributed by atoms with E-state index < -0.39 is 5.97 Å². The SMILES string of the molecule is Cc1ncc(CN2C3CCC2CC(CC(=O)O)C3)s1. The van der Waals surface area contributed by atoms with Gasteiger partial charge in [0.05, 0.1) is 5.01 Å². The second kappa shape index (κ2) is 5.21. The van der Waals surface area contributed by atoms with Crippen LogP contribution in [-0.2, 0) is 11.3 Å². The van der Waals surface area contributed by atoms with Crippen LogP contribution in [0.2, 0.25) is 0 Å². The largest absolute Gasteiger partial charge is 0.481 e. The molecule has 2 aliphatic heterocycles. The Morgan fingerprint density at radius 1 is 1.47 bits per heavy atom. The van der Waals surface area contributed by atoms with Gasteiger partial charge in [0, 0.05) is 36.1 Å². The van der Waals surface area contributed by atoms with Gasteiger partial charge in [-0.25, -0.2) is 4.98 Å². The Morgan fingerprint density at radius 3 is 2.68 bits per heavy atom. The number of piperidine rings is 1. The van der Waals surface area contributed by atoms with Gasteiger partial charge < -0.3 is 5.11 Å². The zero-order valence-corrected chi connectivity index (χ0v) is 12.0. The smallest absolute Gasteiger partial charge is 0.303 e. The number of aryl methyl sites for hydroxylation is 1. The molecule has 19 heavy (non-hydrogen) atoms. The molecule has 0 saturated carbocycles. The van der Waals surface area contributed by atoms with E-state index in [9.17, 15) is 4.79 Å². The van der Waals surface area contributed by atoms with E-state index >= 15 is 0 Å². The van der Waals surface area contributed by atoms with E-state index in [2.05, 4.69) is 9.88 Å². The number of carboxylic acid groups (broad SMARTS) is 1. The van der Waals surface area contributed by atoms with Gasteiger partial charge in [-0.1, -0.05) is 0 Å². The first-order chi connectivity index (χ1) is 9.11. The van der Waals surface area contributed by atoms with Crippen molar-refractivity contribution in [2.75, 3.05) is 0 Å². The van der Waals surface area contributed by atoms with E-state index in [4.69, 9.17) is 5.11 Å². The number of hydrogen-bond donors (Lipinski definition) is 1. The second-order valence-electron chi connectivity index (χ2n) is 5.84. The summed E-state index contributed by atoms with van der Waals surface area (Å²) < 4.78 is 0. The summed E-state index contributed by atoms with van der Waals surface area (Å²) in [4.78, 5) is 19.1. The molecule has 5 heteroatoms. The van der Waals surface area contributed by atoms with Crippen molar-refractivity contribution in [3.8, 4) is 0 Å². The summed E-state index contributed by atoms with van der Waals surface area (Å²) in [5.41, 5.74) is 0. The van der Waals surface area contributed by atoms with Crippen molar-refractivity contribution < 1.29 is 9.90 Å². The van der Waals surface area contributed by atoms with Crippen LogP contribution in [0.25, 0.3) is 0 Å². The third-order valence-electron chi connectivity index (χ3n) is 4.45. The summed E-state index contributed by atoms with van der Waals surface area (Å²) in [7, 11) is 0. The van der Waals surface area contributed by atoms with Crippen molar-refractivity contribution in [2.45, 2.75) is 57.7 Å². The molecule has 2 saturated heterocycles. The van der Waals surface area contributed by atoms with E-state index in [1.54, 1.807) is 11.3 Å². The van der Waals surface area contributed by atoms with E-state index in [0.29, 0.717) is 24.4 Å². The van der Waals surface area contributed by atoms with Gasteiger partial charge in [-0.2, -0.15) is 0 Å². The van der Waals surface area contributed by atoms with Crippen molar-refractivity contribution in [1.29, 1.82) is 0 Å². The lowest BCUT2D eigenvalue weighted by Crippen LogP contribution is -2.42. The summed E-state index contributed by atoms with van der Waals surface area (Å²) >= 11 is 1.78. The van der Waals surface area contributed by atoms with Crippen molar-refractivity contribution in [3.63, 3.8) is 0 Å². The third kappa shape index (κ3) is 2.82. The molecule has 1 aromatic rings. The van der Waals surface area contributed by atoms with Crippen LogP contribution in [0.5, 0.6) is 0 Å². The summed E-state index contributed by atoms with van der Waals surface area (Å²) in [6.45, 7) is 3.04. The predicted octanol–water partition coefficient (Wildman–Crippen LogP) is 2.67. The van der Waals surface area contributed by atoms with Crippen LogP contribution in [0.3, 0.4) is 0 Å². The van der Waals surface area contributed by atoms with Crippen molar-refractivity contribution in [1.82, 2.24) is 9.88 Å². The highest BCUT2D eigenvalue weighted by Crippen LogP contribution is 2.41. The molecule has 2 bridgehead atoms. The highest BCUT2D eigenvalue weighted by Gasteiger charge is 2.41. The maximum Gasteiger partial charge on any atom is 0.303 e. The molecule has 2 unspecified atom stereocenters. The first kappa shape index (κ1) is 13.1. The number of carboxylic acids is 1. The normalized spacial score (nSPS) is 30.7. The quantitative estimate of drug-likeness (QED) is 0.921. The average Bonchev–Trinajstić information content (AvgIpc) is 2.82. The minimum absolute atomic E-state index is 0.348. The van der Waals surface area contributed by atoms with Crippen LogP contribution in [0.15, 0.2) is 6.20 Å². The number of thiazole rings is 1. The van der Waals surface area contributed by atoms with Gasteiger partial charge in [0.2, 0.25) is 0 Å². The zero-order valence-electron chi connectivity index (χ0n) is 11.2. The highest BCUT2D eigenvalue weighted by atomic mass is 32.1. The van der Waals surface area contributed by atoms with Gasteiger partial charge in [0.1, 0.15) is 0 Å². The number of aromatic nitrogens is 1. The second-order valence-corrected chi connectivity index (χ2v) is 7.16. The fourth-order valence-corrected chi connectivity index (χ4v) is 4.52. The Balaban J connectivity index is 1.64. The van der Waals surface area contributed by atoms with E-state index in [-0.39, 0.29) is 0 Å². The monoisotopic (exact) mass is 280 g/mol. The van der Waals surface area contributed by atoms with E-state index in [0.717, 1.165) is 24.4 Å². The molecule has 0 spiro atoms. The lowest BCUT2D eigenvalue weighted by molar-refractivity contribution is -0.138. The number of carbonyl (C=O) groups is 1. The molecule has 104 valence electrons. The molecule has 0 aromatic carbocycles. The molecule has 0 aliphatic carbocycles. The summed E-state index contributed by atoms with van der Waals surface area (Å²) in [5, 5.41) is 10.1. The molecule has 2 atom stereocenters. The molecule has 1 N–H and O–H groups in total. The fraction of sp³-hybridized carbons (Fsp3) is 0.714. The van der Waals surface area contributed by atoms with Crippen LogP contribution >= 0.6 is 11.3 Å². The highest BCUT2D eigenvalue weighted by molar-refractivity contribution is 7.11. The molecule has 3 rings (SSSR count). The molecular formula is C14H20N2O2S. The Bertz CT molecular complexity index is 460. The van der Waals surface area contributed by atoms with Crippen LogP contribution < -0.4 is 0 Å².